The number of carboxylic acids is 1. The van der Waals surface area contributed by atoms with Gasteiger partial charge in [0.25, 0.3) is 0 Å². The first-order valence-corrected chi connectivity index (χ1v) is 7.03. The van der Waals surface area contributed by atoms with Gasteiger partial charge < -0.3 is 15.3 Å². The van der Waals surface area contributed by atoms with Gasteiger partial charge in [-0.2, -0.15) is 18.3 Å². The van der Waals surface area contributed by atoms with E-state index in [9.17, 15) is 22.8 Å². The zero-order chi connectivity index (χ0) is 17.2. The summed E-state index contributed by atoms with van der Waals surface area (Å²) < 4.78 is 39.5. The molecular weight excluding hydrogens is 317 g/mol. The number of nitrogens with one attached hydrogen (secondary N) is 1. The number of carboxylic acid groups (broad SMARTS) is 1. The summed E-state index contributed by atoms with van der Waals surface area (Å²) >= 11 is 0. The number of nitrogens with zero attached hydrogens (tertiary/aromatic N) is 3. The van der Waals surface area contributed by atoms with Crippen LogP contribution in [0.1, 0.15) is 24.1 Å². The van der Waals surface area contributed by atoms with Crippen molar-refractivity contribution in [2.45, 2.75) is 25.6 Å². The van der Waals surface area contributed by atoms with E-state index >= 15 is 0 Å². The van der Waals surface area contributed by atoms with Crippen LogP contribution in [0.25, 0.3) is 0 Å². The molecule has 23 heavy (non-hydrogen) atoms. The smallest absolute Gasteiger partial charge is 0.435 e. The van der Waals surface area contributed by atoms with Crippen molar-refractivity contribution in [2.24, 2.45) is 13.0 Å². The molecular formula is C13H17F3N4O3. The molecule has 2 rings (SSSR count). The predicted octanol–water partition coefficient (Wildman–Crippen LogP) is 1.45. The van der Waals surface area contributed by atoms with E-state index in [4.69, 9.17) is 5.11 Å². The second kappa shape index (κ2) is 6.47. The Morgan fingerprint density at radius 3 is 2.78 bits per heavy atom. The SMILES string of the molecule is Cn1cc(CNC(=O)N2CCCC(C(=O)O)C2)c(C(F)(F)F)n1. The van der Waals surface area contributed by atoms with Gasteiger partial charge in [-0.1, -0.05) is 0 Å². The highest BCUT2D eigenvalue weighted by Gasteiger charge is 2.37. The number of halogens is 3. The van der Waals surface area contributed by atoms with Crippen LogP contribution in [-0.2, 0) is 24.6 Å². The van der Waals surface area contributed by atoms with E-state index in [1.807, 2.05) is 0 Å². The molecule has 0 spiro atoms. The molecule has 0 saturated carbocycles. The van der Waals surface area contributed by atoms with Crippen molar-refractivity contribution in [1.82, 2.24) is 20.0 Å². The summed E-state index contributed by atoms with van der Waals surface area (Å²) in [6, 6.07) is -0.576. The summed E-state index contributed by atoms with van der Waals surface area (Å²) in [5, 5.41) is 14.7. The Hall–Kier alpha value is -2.26. The van der Waals surface area contributed by atoms with Crippen molar-refractivity contribution in [3.05, 3.63) is 17.5 Å². The zero-order valence-corrected chi connectivity index (χ0v) is 12.4. The molecule has 1 aromatic heterocycles. The molecule has 0 radical (unpaired) electrons. The Morgan fingerprint density at radius 1 is 1.48 bits per heavy atom. The number of carbonyl (C=O) groups is 2. The van der Waals surface area contributed by atoms with Crippen molar-refractivity contribution in [2.75, 3.05) is 13.1 Å². The van der Waals surface area contributed by atoms with Gasteiger partial charge in [-0.15, -0.1) is 0 Å². The maximum absolute atomic E-state index is 12.8. The Bertz CT molecular complexity index is 600. The van der Waals surface area contributed by atoms with Gasteiger partial charge in [0.1, 0.15) is 0 Å². The van der Waals surface area contributed by atoms with Gasteiger partial charge in [0.15, 0.2) is 5.69 Å². The number of aliphatic carboxylic acids is 1. The van der Waals surface area contributed by atoms with Crippen LogP contribution in [0.3, 0.4) is 0 Å². The van der Waals surface area contributed by atoms with Gasteiger partial charge in [-0.05, 0) is 12.8 Å². The fourth-order valence-corrected chi connectivity index (χ4v) is 2.55. The van der Waals surface area contributed by atoms with E-state index in [0.29, 0.717) is 19.4 Å². The second-order valence-corrected chi connectivity index (χ2v) is 5.46. The highest BCUT2D eigenvalue weighted by molar-refractivity contribution is 5.76. The van der Waals surface area contributed by atoms with Crippen LogP contribution < -0.4 is 5.32 Å². The van der Waals surface area contributed by atoms with Crippen LogP contribution in [0.4, 0.5) is 18.0 Å². The molecule has 128 valence electrons. The number of carbonyl (C=O) groups excluding carboxylic acids is 1. The maximum atomic E-state index is 12.8. The molecule has 1 aromatic rings. The highest BCUT2D eigenvalue weighted by atomic mass is 19.4. The number of rotatable bonds is 3. The first kappa shape index (κ1) is 17.1. The Balaban J connectivity index is 1.98. The van der Waals surface area contributed by atoms with Gasteiger partial charge in [0, 0.05) is 38.4 Å². The van der Waals surface area contributed by atoms with Crippen LogP contribution in [0, 0.1) is 5.92 Å². The predicted molar refractivity (Wildman–Crippen MR) is 72.4 cm³/mol. The topological polar surface area (TPSA) is 87.5 Å². The first-order chi connectivity index (χ1) is 10.7. The van der Waals surface area contributed by atoms with Gasteiger partial charge in [-0.3, -0.25) is 9.48 Å². The molecule has 0 aromatic carbocycles. The Labute approximate surface area is 130 Å². The first-order valence-electron chi connectivity index (χ1n) is 7.03. The van der Waals surface area contributed by atoms with E-state index in [1.54, 1.807) is 0 Å². The zero-order valence-electron chi connectivity index (χ0n) is 12.4. The third kappa shape index (κ3) is 4.14. The highest BCUT2D eigenvalue weighted by Crippen LogP contribution is 2.30. The molecule has 1 fully saturated rings. The third-order valence-electron chi connectivity index (χ3n) is 3.66. The molecule has 1 saturated heterocycles. The van der Waals surface area contributed by atoms with E-state index in [1.165, 1.54) is 18.1 Å². The van der Waals surface area contributed by atoms with Crippen LogP contribution in [0.2, 0.25) is 0 Å². The molecule has 1 unspecified atom stereocenters. The van der Waals surface area contributed by atoms with E-state index in [0.717, 1.165) is 4.68 Å². The van der Waals surface area contributed by atoms with Crippen molar-refractivity contribution >= 4 is 12.0 Å². The normalized spacial score (nSPS) is 18.8. The van der Waals surface area contributed by atoms with E-state index < -0.39 is 29.8 Å². The van der Waals surface area contributed by atoms with Crippen LogP contribution in [0.5, 0.6) is 0 Å². The largest absolute Gasteiger partial charge is 0.481 e. The second-order valence-electron chi connectivity index (χ2n) is 5.46. The van der Waals surface area contributed by atoms with E-state index in [-0.39, 0.29) is 18.7 Å². The van der Waals surface area contributed by atoms with Gasteiger partial charge in [-0.25, -0.2) is 4.79 Å². The average molecular weight is 334 g/mol. The number of aromatic nitrogens is 2. The number of hydrogen-bond acceptors (Lipinski definition) is 3. The van der Waals surface area contributed by atoms with Crippen LogP contribution >= 0.6 is 0 Å². The summed E-state index contributed by atoms with van der Waals surface area (Å²) in [6.07, 6.45) is -2.37. The number of hydrogen-bond donors (Lipinski definition) is 2. The van der Waals surface area contributed by atoms with Crippen LogP contribution in [-0.4, -0.2) is 44.9 Å². The fourth-order valence-electron chi connectivity index (χ4n) is 2.55. The lowest BCUT2D eigenvalue weighted by atomic mass is 9.99. The number of urea groups is 1. The summed E-state index contributed by atoms with van der Waals surface area (Å²) in [5.74, 6) is -1.62. The standard InChI is InChI=1S/C13H17F3N4O3/c1-19-6-9(10(18-19)13(14,15)16)5-17-12(23)20-4-2-3-8(7-20)11(21)22/h6,8H,2-5,7H2,1H3,(H,17,23)(H,21,22). The lowest BCUT2D eigenvalue weighted by molar-refractivity contribution is -0.143. The molecule has 2 amide bonds. The summed E-state index contributed by atoms with van der Waals surface area (Å²) in [4.78, 5) is 24.3. The summed E-state index contributed by atoms with van der Waals surface area (Å²) in [5.41, 5.74) is -1.18. The number of alkyl halides is 3. The molecule has 1 aliphatic heterocycles. The molecule has 1 atom stereocenters. The lowest BCUT2D eigenvalue weighted by Crippen LogP contribution is -2.46. The summed E-state index contributed by atoms with van der Waals surface area (Å²) in [7, 11) is 1.36. The minimum atomic E-state index is -4.60. The van der Waals surface area contributed by atoms with Crippen molar-refractivity contribution in [1.29, 1.82) is 0 Å². The quantitative estimate of drug-likeness (QED) is 0.876. The lowest BCUT2D eigenvalue weighted by Gasteiger charge is -2.30. The molecule has 2 N–H and O–H groups in total. The van der Waals surface area contributed by atoms with Gasteiger partial charge >= 0.3 is 18.2 Å². The third-order valence-corrected chi connectivity index (χ3v) is 3.66. The Kier molecular flexibility index (Phi) is 4.81. The number of aryl methyl sites for hydroxylation is 1. The van der Waals surface area contributed by atoms with Gasteiger partial charge in [0.2, 0.25) is 0 Å². The molecule has 0 bridgehead atoms. The molecule has 2 heterocycles. The monoisotopic (exact) mass is 334 g/mol. The molecule has 1 aliphatic rings. The molecule has 10 heteroatoms. The molecule has 7 nitrogen and oxygen atoms in total. The van der Waals surface area contributed by atoms with Crippen molar-refractivity contribution in [3.63, 3.8) is 0 Å². The van der Waals surface area contributed by atoms with Crippen LogP contribution in [0.15, 0.2) is 6.20 Å². The number of amides is 2. The number of piperidine rings is 1. The summed E-state index contributed by atoms with van der Waals surface area (Å²) in [6.45, 7) is 0.116. The van der Waals surface area contributed by atoms with E-state index in [2.05, 4.69) is 10.4 Å². The minimum absolute atomic E-state index is 0.0559. The maximum Gasteiger partial charge on any atom is 0.435 e. The molecule has 0 aliphatic carbocycles. The Morgan fingerprint density at radius 2 is 2.17 bits per heavy atom. The minimum Gasteiger partial charge on any atom is -0.481 e. The number of likely N-dealkylation sites (tertiary alicyclic amines) is 1. The average Bonchev–Trinajstić information content (AvgIpc) is 2.86. The van der Waals surface area contributed by atoms with Crippen molar-refractivity contribution in [3.8, 4) is 0 Å². The van der Waals surface area contributed by atoms with Crippen molar-refractivity contribution < 1.29 is 27.9 Å². The fraction of sp³-hybridized carbons (Fsp3) is 0.615. The van der Waals surface area contributed by atoms with Gasteiger partial charge in [0.05, 0.1) is 5.92 Å².